The fourth-order valence-electron chi connectivity index (χ4n) is 6.39. The first-order valence-electron chi connectivity index (χ1n) is 19.6. The molecule has 4 amide bonds. The number of carbonyl (C=O) groups excluding carboxylic acids is 4. The number of methoxy groups -OCH3 is 1. The molecule has 0 spiro atoms. The van der Waals surface area contributed by atoms with Gasteiger partial charge in [-0.25, -0.2) is 4.79 Å². The standard InChI is InChI=1S/C43H58N4O10/c1-30(2)40(47-43(52)57-29-37-35-12-6-4-10-33(35)34-11-5-7-13-36(34)37)42(51)46-38(41(50)45-32-17-15-31(28-48)16-18-32)14-8-9-20-44-39(49)19-21-54-24-25-56-27-26-55-23-22-53-3/h4-7,10-13,15-18,30,37-38,40,48H,8-9,14,19-29H2,1-3H3,(H,44,49)(H,45,50)(H,46,51)(H,47,52)/t38-,40-/m0/s1. The minimum absolute atomic E-state index is 0.0947. The van der Waals surface area contributed by atoms with Crippen LogP contribution in [0.15, 0.2) is 72.8 Å². The number of nitrogens with one attached hydrogen (secondary N) is 4. The number of ether oxygens (including phenoxy) is 5. The van der Waals surface area contributed by atoms with Gasteiger partial charge in [0.15, 0.2) is 0 Å². The zero-order chi connectivity index (χ0) is 40.8. The Morgan fingerprint density at radius 2 is 1.32 bits per heavy atom. The maximum absolute atomic E-state index is 13.7. The average Bonchev–Trinajstić information content (AvgIpc) is 3.54. The topological polar surface area (TPSA) is 183 Å². The Kier molecular flexibility index (Phi) is 19.4. The quantitative estimate of drug-likeness (QED) is 0.0725. The van der Waals surface area contributed by atoms with Gasteiger partial charge in [-0.2, -0.15) is 0 Å². The number of alkyl carbamates (subject to hydrolysis) is 1. The van der Waals surface area contributed by atoms with Gasteiger partial charge in [-0.15, -0.1) is 0 Å². The fraction of sp³-hybridized carbons (Fsp3) is 0.488. The molecule has 0 saturated carbocycles. The summed E-state index contributed by atoms with van der Waals surface area (Å²) in [5.74, 6) is -1.58. The summed E-state index contributed by atoms with van der Waals surface area (Å²) in [7, 11) is 1.61. The lowest BCUT2D eigenvalue weighted by molar-refractivity contribution is -0.128. The summed E-state index contributed by atoms with van der Waals surface area (Å²) in [5, 5.41) is 20.7. The van der Waals surface area contributed by atoms with Crippen molar-refractivity contribution >= 4 is 29.5 Å². The number of carbonyl (C=O) groups is 4. The number of benzene rings is 3. The minimum atomic E-state index is -0.979. The SMILES string of the molecule is COCCOCCOCCOCCC(=O)NCCCC[C@H](NC(=O)[C@@H](NC(=O)OCC1c2ccccc2-c2ccccc21)C(C)C)C(=O)Nc1ccc(CO)cc1. The molecule has 57 heavy (non-hydrogen) atoms. The zero-order valence-corrected chi connectivity index (χ0v) is 33.3. The number of aliphatic hydroxyl groups is 1. The van der Waals surface area contributed by atoms with E-state index in [1.807, 2.05) is 36.4 Å². The Morgan fingerprint density at radius 3 is 1.91 bits per heavy atom. The van der Waals surface area contributed by atoms with Gasteiger partial charge >= 0.3 is 6.09 Å². The van der Waals surface area contributed by atoms with Gasteiger partial charge in [-0.3, -0.25) is 14.4 Å². The molecule has 1 aliphatic rings. The number of anilines is 1. The van der Waals surface area contributed by atoms with E-state index in [9.17, 15) is 24.3 Å². The summed E-state index contributed by atoms with van der Waals surface area (Å²) in [5.41, 5.74) is 5.56. The van der Waals surface area contributed by atoms with E-state index in [-0.39, 0.29) is 50.4 Å². The number of unbranched alkanes of at least 4 members (excludes halogenated alkanes) is 1. The van der Waals surface area contributed by atoms with Crippen LogP contribution in [0.4, 0.5) is 10.5 Å². The van der Waals surface area contributed by atoms with Crippen LogP contribution in [0.25, 0.3) is 11.1 Å². The van der Waals surface area contributed by atoms with Crippen LogP contribution in [-0.2, 0) is 44.7 Å². The molecule has 4 rings (SSSR count). The van der Waals surface area contributed by atoms with Crippen molar-refractivity contribution in [1.29, 1.82) is 0 Å². The second-order valence-electron chi connectivity index (χ2n) is 14.0. The number of hydrogen-bond acceptors (Lipinski definition) is 10. The lowest BCUT2D eigenvalue weighted by Crippen LogP contribution is -2.54. The van der Waals surface area contributed by atoms with Crippen LogP contribution in [-0.4, -0.2) is 108 Å². The maximum Gasteiger partial charge on any atom is 0.407 e. The van der Waals surface area contributed by atoms with Gasteiger partial charge in [0.1, 0.15) is 18.7 Å². The molecule has 0 aliphatic heterocycles. The lowest BCUT2D eigenvalue weighted by Gasteiger charge is -2.25. The Bertz CT molecular complexity index is 1660. The van der Waals surface area contributed by atoms with E-state index in [2.05, 4.69) is 33.4 Å². The Hall–Kier alpha value is -4.86. The molecular weight excluding hydrogens is 732 g/mol. The highest BCUT2D eigenvalue weighted by Gasteiger charge is 2.32. The summed E-state index contributed by atoms with van der Waals surface area (Å²) in [6, 6.07) is 20.9. The van der Waals surface area contributed by atoms with Gasteiger partial charge in [0.2, 0.25) is 17.7 Å². The lowest BCUT2D eigenvalue weighted by atomic mass is 9.98. The predicted molar refractivity (Wildman–Crippen MR) is 216 cm³/mol. The summed E-state index contributed by atoms with van der Waals surface area (Å²) in [6.07, 6.45) is 0.812. The van der Waals surface area contributed by atoms with Crippen molar-refractivity contribution in [3.05, 3.63) is 89.5 Å². The molecule has 14 heteroatoms. The van der Waals surface area contributed by atoms with Crippen LogP contribution in [0.3, 0.4) is 0 Å². The van der Waals surface area contributed by atoms with Crippen molar-refractivity contribution in [1.82, 2.24) is 16.0 Å². The van der Waals surface area contributed by atoms with Crippen molar-refractivity contribution in [3.63, 3.8) is 0 Å². The van der Waals surface area contributed by atoms with Gasteiger partial charge < -0.3 is 50.1 Å². The van der Waals surface area contributed by atoms with Crippen LogP contribution in [0.5, 0.6) is 0 Å². The van der Waals surface area contributed by atoms with Crippen LogP contribution in [0, 0.1) is 5.92 Å². The van der Waals surface area contributed by atoms with Crippen LogP contribution in [0.2, 0.25) is 0 Å². The van der Waals surface area contributed by atoms with Crippen molar-refractivity contribution in [2.45, 2.75) is 64.1 Å². The molecule has 3 aromatic carbocycles. The summed E-state index contributed by atoms with van der Waals surface area (Å²) >= 11 is 0. The Balaban J connectivity index is 1.24. The molecule has 0 aromatic heterocycles. The van der Waals surface area contributed by atoms with E-state index in [1.165, 1.54) is 0 Å². The molecule has 0 radical (unpaired) electrons. The molecule has 0 saturated heterocycles. The number of amides is 4. The summed E-state index contributed by atoms with van der Waals surface area (Å²) < 4.78 is 26.8. The number of aliphatic hydroxyl groups excluding tert-OH is 1. The number of hydrogen-bond donors (Lipinski definition) is 5. The molecule has 1 aliphatic carbocycles. The van der Waals surface area contributed by atoms with E-state index in [0.29, 0.717) is 70.3 Å². The highest BCUT2D eigenvalue weighted by molar-refractivity contribution is 5.98. The number of fused-ring (bicyclic) bond motifs is 3. The van der Waals surface area contributed by atoms with Gasteiger partial charge in [0.25, 0.3) is 0 Å². The smallest absolute Gasteiger partial charge is 0.407 e. The van der Waals surface area contributed by atoms with E-state index >= 15 is 0 Å². The first kappa shape index (κ1) is 44.8. The van der Waals surface area contributed by atoms with Crippen molar-refractivity contribution in [2.75, 3.05) is 71.8 Å². The van der Waals surface area contributed by atoms with Crippen LogP contribution < -0.4 is 21.3 Å². The highest BCUT2D eigenvalue weighted by Crippen LogP contribution is 2.44. The van der Waals surface area contributed by atoms with Crippen molar-refractivity contribution in [3.8, 4) is 11.1 Å². The molecule has 3 aromatic rings. The van der Waals surface area contributed by atoms with Crippen LogP contribution in [0.1, 0.15) is 62.1 Å². The van der Waals surface area contributed by atoms with Crippen molar-refractivity contribution < 1.29 is 48.0 Å². The van der Waals surface area contributed by atoms with Gasteiger partial charge in [-0.1, -0.05) is 74.5 Å². The minimum Gasteiger partial charge on any atom is -0.449 e. The zero-order valence-electron chi connectivity index (χ0n) is 33.3. The molecule has 5 N–H and O–H groups in total. The first-order valence-corrected chi connectivity index (χ1v) is 19.6. The van der Waals surface area contributed by atoms with E-state index in [0.717, 1.165) is 22.3 Å². The first-order chi connectivity index (χ1) is 27.7. The molecule has 0 fully saturated rings. The summed E-state index contributed by atoms with van der Waals surface area (Å²) in [6.45, 7) is 6.95. The van der Waals surface area contributed by atoms with Gasteiger partial charge in [0.05, 0.1) is 52.9 Å². The maximum atomic E-state index is 13.7. The Morgan fingerprint density at radius 1 is 0.719 bits per heavy atom. The molecule has 0 unspecified atom stereocenters. The summed E-state index contributed by atoms with van der Waals surface area (Å²) in [4.78, 5) is 52.7. The molecule has 14 nitrogen and oxygen atoms in total. The normalized spacial score (nSPS) is 13.0. The van der Waals surface area contributed by atoms with Crippen molar-refractivity contribution in [2.24, 2.45) is 5.92 Å². The Labute approximate surface area is 335 Å². The third kappa shape index (κ3) is 14.9. The van der Waals surface area contributed by atoms with E-state index in [4.69, 9.17) is 23.7 Å². The van der Waals surface area contributed by atoms with Gasteiger partial charge in [-0.05, 0) is 65.1 Å². The third-order valence-electron chi connectivity index (χ3n) is 9.49. The van der Waals surface area contributed by atoms with E-state index in [1.54, 1.807) is 45.2 Å². The van der Waals surface area contributed by atoms with E-state index < -0.39 is 30.0 Å². The highest BCUT2D eigenvalue weighted by atomic mass is 16.6. The largest absolute Gasteiger partial charge is 0.449 e. The molecule has 2 atom stereocenters. The number of rotatable bonds is 26. The predicted octanol–water partition coefficient (Wildman–Crippen LogP) is 4.54. The van der Waals surface area contributed by atoms with Gasteiger partial charge in [0, 0.05) is 31.7 Å². The average molecular weight is 791 g/mol. The monoisotopic (exact) mass is 790 g/mol. The molecule has 0 bridgehead atoms. The fourth-order valence-corrected chi connectivity index (χ4v) is 6.39. The molecular formula is C43H58N4O10. The second-order valence-corrected chi connectivity index (χ2v) is 14.0. The van der Waals surface area contributed by atoms with Crippen LogP contribution >= 0.6 is 0 Å². The second kappa shape index (κ2) is 24.7. The molecule has 310 valence electrons. The third-order valence-corrected chi connectivity index (χ3v) is 9.49. The molecule has 0 heterocycles.